The van der Waals surface area contributed by atoms with E-state index in [0.717, 1.165) is 41.0 Å². The predicted molar refractivity (Wildman–Crippen MR) is 96.4 cm³/mol. The van der Waals surface area contributed by atoms with Crippen molar-refractivity contribution in [3.63, 3.8) is 0 Å². The van der Waals surface area contributed by atoms with Crippen LogP contribution in [0.2, 0.25) is 0 Å². The monoisotopic (exact) mass is 322 g/mol. The summed E-state index contributed by atoms with van der Waals surface area (Å²) in [5.74, 6) is 0.799. The number of benzene rings is 1. The number of anilines is 1. The normalized spacial score (nSPS) is 15.8. The van der Waals surface area contributed by atoms with Gasteiger partial charge in [0.25, 0.3) is 0 Å². The largest absolute Gasteiger partial charge is 0.260 e. The number of hydrogen-bond acceptors (Lipinski definition) is 5. The molecule has 0 atom stereocenters. The van der Waals surface area contributed by atoms with Crippen molar-refractivity contribution in [1.29, 1.82) is 0 Å². The van der Waals surface area contributed by atoms with Crippen molar-refractivity contribution in [2.24, 2.45) is 5.10 Å². The maximum atomic E-state index is 4.68. The van der Waals surface area contributed by atoms with E-state index in [0.29, 0.717) is 0 Å². The molecule has 1 aliphatic carbocycles. The summed E-state index contributed by atoms with van der Waals surface area (Å²) in [5.41, 5.74) is 8.19. The minimum atomic E-state index is 0.799. The van der Waals surface area contributed by atoms with E-state index in [-0.39, 0.29) is 0 Å². The second-order valence-electron chi connectivity index (χ2n) is 5.87. The fourth-order valence-corrected chi connectivity index (χ4v) is 4.10. The SMILES string of the molecule is Cc1sc2ncnc(NN=C3CCCc4ccccc43)c2c1C. The third-order valence-electron chi connectivity index (χ3n) is 4.45. The Bertz CT molecular complexity index is 911. The lowest BCUT2D eigenvalue weighted by molar-refractivity contribution is 0.837. The summed E-state index contributed by atoms with van der Waals surface area (Å²) in [6.07, 6.45) is 4.89. The summed E-state index contributed by atoms with van der Waals surface area (Å²) in [4.78, 5) is 11.1. The molecular weight excluding hydrogens is 304 g/mol. The first-order valence-electron chi connectivity index (χ1n) is 7.85. The molecule has 116 valence electrons. The number of nitrogens with zero attached hydrogens (tertiary/aromatic N) is 3. The lowest BCUT2D eigenvalue weighted by Crippen LogP contribution is -2.13. The predicted octanol–water partition coefficient (Wildman–Crippen LogP) is 4.46. The number of thiophene rings is 1. The maximum absolute atomic E-state index is 4.68. The minimum Gasteiger partial charge on any atom is -0.260 e. The topological polar surface area (TPSA) is 50.2 Å². The van der Waals surface area contributed by atoms with Crippen LogP contribution in [0.3, 0.4) is 0 Å². The van der Waals surface area contributed by atoms with E-state index in [4.69, 9.17) is 0 Å². The summed E-state index contributed by atoms with van der Waals surface area (Å²) in [5, 5.41) is 5.76. The molecule has 3 aromatic rings. The standard InChI is InChI=1S/C18H18N4S/c1-11-12(2)23-18-16(11)17(19-10-20-18)22-21-15-9-5-7-13-6-3-4-8-14(13)15/h3-4,6,8,10H,5,7,9H2,1-2H3,(H,19,20,22). The molecule has 0 aliphatic heterocycles. The third kappa shape index (κ3) is 2.51. The van der Waals surface area contributed by atoms with Gasteiger partial charge in [0, 0.05) is 10.4 Å². The second kappa shape index (κ2) is 5.74. The zero-order valence-electron chi connectivity index (χ0n) is 13.3. The van der Waals surface area contributed by atoms with Gasteiger partial charge in [0.2, 0.25) is 0 Å². The van der Waals surface area contributed by atoms with Gasteiger partial charge in [0.05, 0.1) is 11.1 Å². The fourth-order valence-electron chi connectivity index (χ4n) is 3.10. The van der Waals surface area contributed by atoms with Gasteiger partial charge in [-0.05, 0) is 44.2 Å². The molecule has 0 amide bonds. The molecule has 2 aromatic heterocycles. The van der Waals surface area contributed by atoms with Crippen LogP contribution in [0.1, 0.15) is 34.4 Å². The van der Waals surface area contributed by atoms with E-state index in [9.17, 15) is 0 Å². The summed E-state index contributed by atoms with van der Waals surface area (Å²) in [7, 11) is 0. The van der Waals surface area contributed by atoms with Crippen LogP contribution in [0.5, 0.6) is 0 Å². The van der Waals surface area contributed by atoms with Crippen LogP contribution < -0.4 is 5.43 Å². The number of rotatable bonds is 2. The Hall–Kier alpha value is -2.27. The highest BCUT2D eigenvalue weighted by Gasteiger charge is 2.16. The highest BCUT2D eigenvalue weighted by atomic mass is 32.1. The Kier molecular flexibility index (Phi) is 3.58. The molecule has 0 saturated carbocycles. The second-order valence-corrected chi connectivity index (χ2v) is 7.07. The first-order chi connectivity index (χ1) is 11.2. The highest BCUT2D eigenvalue weighted by Crippen LogP contribution is 2.32. The number of nitrogens with one attached hydrogen (secondary N) is 1. The Morgan fingerprint density at radius 1 is 1.13 bits per heavy atom. The van der Waals surface area contributed by atoms with Crippen molar-refractivity contribution in [3.8, 4) is 0 Å². The van der Waals surface area contributed by atoms with Crippen molar-refractivity contribution >= 4 is 33.1 Å². The Labute approximate surface area is 139 Å². The number of hydrazone groups is 1. The van der Waals surface area contributed by atoms with Crippen LogP contribution in [-0.4, -0.2) is 15.7 Å². The smallest absolute Gasteiger partial charge is 0.158 e. The molecule has 0 radical (unpaired) electrons. The Balaban J connectivity index is 1.73. The van der Waals surface area contributed by atoms with Gasteiger partial charge in [-0.15, -0.1) is 11.3 Å². The van der Waals surface area contributed by atoms with Crippen molar-refractivity contribution in [2.75, 3.05) is 5.43 Å². The van der Waals surface area contributed by atoms with Crippen LogP contribution in [0.15, 0.2) is 35.7 Å². The molecular formula is C18H18N4S. The highest BCUT2D eigenvalue weighted by molar-refractivity contribution is 7.18. The Morgan fingerprint density at radius 2 is 2.00 bits per heavy atom. The molecule has 23 heavy (non-hydrogen) atoms. The summed E-state index contributed by atoms with van der Waals surface area (Å²) in [6, 6.07) is 8.53. The summed E-state index contributed by atoms with van der Waals surface area (Å²) in [6.45, 7) is 4.24. The average Bonchev–Trinajstić information content (AvgIpc) is 2.88. The molecule has 0 saturated heterocycles. The molecule has 1 N–H and O–H groups in total. The van der Waals surface area contributed by atoms with Crippen LogP contribution in [0.4, 0.5) is 5.82 Å². The van der Waals surface area contributed by atoms with E-state index in [1.807, 2.05) is 0 Å². The number of hydrogen-bond donors (Lipinski definition) is 1. The molecule has 5 heteroatoms. The minimum absolute atomic E-state index is 0.799. The number of aryl methyl sites for hydroxylation is 3. The average molecular weight is 322 g/mol. The summed E-state index contributed by atoms with van der Waals surface area (Å²) >= 11 is 1.70. The zero-order valence-corrected chi connectivity index (χ0v) is 14.1. The van der Waals surface area contributed by atoms with Crippen LogP contribution in [0.25, 0.3) is 10.2 Å². The lowest BCUT2D eigenvalue weighted by Gasteiger charge is -2.17. The fraction of sp³-hybridized carbons (Fsp3) is 0.278. The van der Waals surface area contributed by atoms with E-state index in [1.165, 1.54) is 21.6 Å². The van der Waals surface area contributed by atoms with Crippen LogP contribution in [-0.2, 0) is 6.42 Å². The van der Waals surface area contributed by atoms with Crippen molar-refractivity contribution in [3.05, 3.63) is 52.2 Å². The van der Waals surface area contributed by atoms with E-state index < -0.39 is 0 Å². The molecule has 0 fully saturated rings. The zero-order chi connectivity index (χ0) is 15.8. The van der Waals surface area contributed by atoms with Crippen molar-refractivity contribution < 1.29 is 0 Å². The summed E-state index contributed by atoms with van der Waals surface area (Å²) < 4.78 is 0. The van der Waals surface area contributed by atoms with Crippen molar-refractivity contribution in [1.82, 2.24) is 9.97 Å². The molecule has 1 aromatic carbocycles. The van der Waals surface area contributed by atoms with Gasteiger partial charge in [-0.2, -0.15) is 5.10 Å². The van der Waals surface area contributed by atoms with Gasteiger partial charge in [-0.25, -0.2) is 9.97 Å². The first kappa shape index (κ1) is 14.3. The molecule has 1 aliphatic rings. The molecule has 4 rings (SSSR count). The molecule has 4 nitrogen and oxygen atoms in total. The number of aromatic nitrogens is 2. The van der Waals surface area contributed by atoms with E-state index >= 15 is 0 Å². The quantitative estimate of drug-likeness (QED) is 0.709. The van der Waals surface area contributed by atoms with Gasteiger partial charge < -0.3 is 0 Å². The molecule has 0 spiro atoms. The van der Waals surface area contributed by atoms with Crippen molar-refractivity contribution in [2.45, 2.75) is 33.1 Å². The van der Waals surface area contributed by atoms with E-state index in [2.05, 4.69) is 58.6 Å². The maximum Gasteiger partial charge on any atom is 0.158 e. The van der Waals surface area contributed by atoms with E-state index in [1.54, 1.807) is 17.7 Å². The lowest BCUT2D eigenvalue weighted by atomic mass is 9.90. The molecule has 0 unspecified atom stereocenters. The van der Waals surface area contributed by atoms with Gasteiger partial charge in [-0.3, -0.25) is 5.43 Å². The van der Waals surface area contributed by atoms with Gasteiger partial charge >= 0.3 is 0 Å². The third-order valence-corrected chi connectivity index (χ3v) is 5.57. The van der Waals surface area contributed by atoms with Crippen LogP contribution >= 0.6 is 11.3 Å². The molecule has 0 bridgehead atoms. The number of fused-ring (bicyclic) bond motifs is 2. The van der Waals surface area contributed by atoms with Gasteiger partial charge in [0.15, 0.2) is 5.82 Å². The first-order valence-corrected chi connectivity index (χ1v) is 8.67. The van der Waals surface area contributed by atoms with Gasteiger partial charge in [0.1, 0.15) is 11.2 Å². The molecule has 2 heterocycles. The van der Waals surface area contributed by atoms with Crippen LogP contribution in [0, 0.1) is 13.8 Å². The van der Waals surface area contributed by atoms with Gasteiger partial charge in [-0.1, -0.05) is 24.3 Å². The Morgan fingerprint density at radius 3 is 2.91 bits per heavy atom.